The van der Waals surface area contributed by atoms with E-state index in [0.29, 0.717) is 16.7 Å². The van der Waals surface area contributed by atoms with Crippen molar-refractivity contribution in [3.8, 4) is 11.5 Å². The molecule has 3 rings (SSSR count). The zero-order valence-electron chi connectivity index (χ0n) is 16.8. The maximum Gasteiger partial charge on any atom is 0.239 e. The van der Waals surface area contributed by atoms with Gasteiger partial charge in [0.15, 0.2) is 11.0 Å². The Morgan fingerprint density at radius 2 is 1.93 bits per heavy atom. The molecule has 1 heterocycles. The second-order valence-electron chi connectivity index (χ2n) is 6.80. The van der Waals surface area contributed by atoms with Crippen molar-refractivity contribution in [2.24, 2.45) is 7.05 Å². The Balaban J connectivity index is 1.45. The molecule has 0 bridgehead atoms. The lowest BCUT2D eigenvalue weighted by molar-refractivity contribution is -0.132. The molecule has 0 aliphatic heterocycles. The molecular formula is C19H25N5O4S. The number of likely N-dealkylation sites (N-methyl/N-ethyl adjacent to an activating group) is 1. The summed E-state index contributed by atoms with van der Waals surface area (Å²) in [6, 6.07) is 7.57. The molecule has 2 aromatic rings. The van der Waals surface area contributed by atoms with Gasteiger partial charge >= 0.3 is 0 Å². The molecule has 9 nitrogen and oxygen atoms in total. The fourth-order valence-corrected chi connectivity index (χ4v) is 3.33. The van der Waals surface area contributed by atoms with Gasteiger partial charge in [-0.05, 0) is 37.1 Å². The van der Waals surface area contributed by atoms with Gasteiger partial charge in [-0.2, -0.15) is 0 Å². The first-order valence-corrected chi connectivity index (χ1v) is 10.3. The van der Waals surface area contributed by atoms with Crippen LogP contribution >= 0.6 is 11.8 Å². The molecule has 10 heteroatoms. The van der Waals surface area contributed by atoms with E-state index >= 15 is 0 Å². The smallest absolute Gasteiger partial charge is 0.239 e. The molecule has 1 saturated carbocycles. The van der Waals surface area contributed by atoms with Gasteiger partial charge in [0.25, 0.3) is 0 Å². The molecule has 2 amide bonds. The summed E-state index contributed by atoms with van der Waals surface area (Å²) < 4.78 is 12.6. The number of nitrogens with one attached hydrogen (secondary N) is 1. The predicted molar refractivity (Wildman–Crippen MR) is 108 cm³/mol. The van der Waals surface area contributed by atoms with Gasteiger partial charge in [0.2, 0.25) is 11.8 Å². The third kappa shape index (κ3) is 6.11. The molecule has 0 saturated heterocycles. The number of rotatable bonds is 10. The van der Waals surface area contributed by atoms with Gasteiger partial charge in [-0.15, -0.1) is 10.2 Å². The minimum atomic E-state index is -0.139. The van der Waals surface area contributed by atoms with Crippen LogP contribution in [0.15, 0.2) is 29.4 Å². The standard InChI is InChI=1S/C19H25N5O4S/c1-23(10-17(25)20-13-4-5-13)18(26)12-29-19-22-21-16(24(19)2)11-28-15-8-6-14(27-3)7-9-15/h6-9,13H,4-5,10-12H2,1-3H3,(H,20,25). The molecule has 156 valence electrons. The average molecular weight is 420 g/mol. The SMILES string of the molecule is COc1ccc(OCc2nnc(SCC(=O)N(C)CC(=O)NC3CC3)n2C)cc1. The molecule has 29 heavy (non-hydrogen) atoms. The van der Waals surface area contributed by atoms with Crippen molar-refractivity contribution < 1.29 is 19.1 Å². The van der Waals surface area contributed by atoms with Crippen LogP contribution < -0.4 is 14.8 Å². The second kappa shape index (κ2) is 9.64. The van der Waals surface area contributed by atoms with Crippen LogP contribution in [0.5, 0.6) is 11.5 Å². The highest BCUT2D eigenvalue weighted by atomic mass is 32.2. The summed E-state index contributed by atoms with van der Waals surface area (Å²) in [4.78, 5) is 25.5. The van der Waals surface area contributed by atoms with Gasteiger partial charge in [-0.1, -0.05) is 11.8 Å². The highest BCUT2D eigenvalue weighted by Gasteiger charge is 2.24. The van der Waals surface area contributed by atoms with Gasteiger partial charge in [0.1, 0.15) is 18.1 Å². The molecule has 1 aromatic carbocycles. The zero-order valence-corrected chi connectivity index (χ0v) is 17.6. The summed E-state index contributed by atoms with van der Waals surface area (Å²) in [5.41, 5.74) is 0. The monoisotopic (exact) mass is 419 g/mol. The number of hydrogen-bond donors (Lipinski definition) is 1. The fourth-order valence-electron chi connectivity index (χ4n) is 2.46. The number of benzene rings is 1. The van der Waals surface area contributed by atoms with Gasteiger partial charge in [-0.3, -0.25) is 9.59 Å². The van der Waals surface area contributed by atoms with Crippen molar-refractivity contribution in [1.29, 1.82) is 0 Å². The number of carbonyl (C=O) groups excluding carboxylic acids is 2. The molecule has 0 unspecified atom stereocenters. The van der Waals surface area contributed by atoms with Gasteiger partial charge in [0, 0.05) is 20.1 Å². The van der Waals surface area contributed by atoms with Crippen LogP contribution in [-0.2, 0) is 23.2 Å². The summed E-state index contributed by atoms with van der Waals surface area (Å²) in [6.07, 6.45) is 2.05. The van der Waals surface area contributed by atoms with Crippen molar-refractivity contribution >= 4 is 23.6 Å². The zero-order chi connectivity index (χ0) is 20.8. The number of aromatic nitrogens is 3. The Bertz CT molecular complexity index is 851. The van der Waals surface area contributed by atoms with Gasteiger partial charge < -0.3 is 24.3 Å². The predicted octanol–water partition coefficient (Wildman–Crippen LogP) is 1.23. The minimum Gasteiger partial charge on any atom is -0.497 e. The maximum absolute atomic E-state index is 12.3. The maximum atomic E-state index is 12.3. The van der Waals surface area contributed by atoms with Crippen LogP contribution in [0.3, 0.4) is 0 Å². The van der Waals surface area contributed by atoms with Crippen LogP contribution in [0.4, 0.5) is 0 Å². The van der Waals surface area contributed by atoms with E-state index in [1.165, 1.54) is 16.7 Å². The molecule has 0 atom stereocenters. The first-order chi connectivity index (χ1) is 14.0. The molecule has 0 spiro atoms. The van der Waals surface area contributed by atoms with Crippen molar-refractivity contribution in [1.82, 2.24) is 25.0 Å². The third-order valence-corrected chi connectivity index (χ3v) is 5.43. The Morgan fingerprint density at radius 3 is 2.59 bits per heavy atom. The largest absolute Gasteiger partial charge is 0.497 e. The molecular weight excluding hydrogens is 394 g/mol. The van der Waals surface area contributed by atoms with E-state index in [9.17, 15) is 9.59 Å². The van der Waals surface area contributed by atoms with Crippen molar-refractivity contribution in [2.45, 2.75) is 30.6 Å². The summed E-state index contributed by atoms with van der Waals surface area (Å²) >= 11 is 1.28. The van der Waals surface area contributed by atoms with E-state index in [-0.39, 0.29) is 36.8 Å². The minimum absolute atomic E-state index is 0.0651. The molecule has 1 N–H and O–H groups in total. The molecule has 1 aliphatic rings. The number of thioether (sulfide) groups is 1. The van der Waals surface area contributed by atoms with Crippen molar-refractivity contribution in [2.75, 3.05) is 26.5 Å². The average Bonchev–Trinajstić information content (AvgIpc) is 3.46. The van der Waals surface area contributed by atoms with E-state index in [1.807, 2.05) is 31.3 Å². The Hall–Kier alpha value is -2.75. The van der Waals surface area contributed by atoms with Crippen LogP contribution in [0.25, 0.3) is 0 Å². The Morgan fingerprint density at radius 1 is 1.24 bits per heavy atom. The number of carbonyl (C=O) groups is 2. The first kappa shape index (κ1) is 21.0. The van der Waals surface area contributed by atoms with E-state index in [1.54, 1.807) is 18.7 Å². The molecule has 0 radical (unpaired) electrons. The molecule has 1 aliphatic carbocycles. The van der Waals surface area contributed by atoms with Crippen LogP contribution in [0.2, 0.25) is 0 Å². The lowest BCUT2D eigenvalue weighted by Gasteiger charge is -2.16. The second-order valence-corrected chi connectivity index (χ2v) is 7.74. The number of methoxy groups -OCH3 is 1. The highest BCUT2D eigenvalue weighted by Crippen LogP contribution is 2.20. The third-order valence-electron chi connectivity index (χ3n) is 4.43. The highest BCUT2D eigenvalue weighted by molar-refractivity contribution is 7.99. The normalized spacial score (nSPS) is 13.1. The Labute approximate surface area is 173 Å². The summed E-state index contributed by atoms with van der Waals surface area (Å²) in [5.74, 6) is 2.02. The van der Waals surface area contributed by atoms with E-state index < -0.39 is 0 Å². The quantitative estimate of drug-likeness (QED) is 0.579. The van der Waals surface area contributed by atoms with Crippen molar-refractivity contribution in [3.63, 3.8) is 0 Å². The van der Waals surface area contributed by atoms with Crippen LogP contribution in [0.1, 0.15) is 18.7 Å². The van der Waals surface area contributed by atoms with E-state index in [2.05, 4.69) is 15.5 Å². The lowest BCUT2D eigenvalue weighted by atomic mass is 10.3. The number of hydrogen-bond acceptors (Lipinski definition) is 7. The Kier molecular flexibility index (Phi) is 6.97. The molecule has 1 aromatic heterocycles. The summed E-state index contributed by atoms with van der Waals surface area (Å²) in [5, 5.41) is 11.7. The van der Waals surface area contributed by atoms with Gasteiger partial charge in [0.05, 0.1) is 19.4 Å². The lowest BCUT2D eigenvalue weighted by Crippen LogP contribution is -2.39. The van der Waals surface area contributed by atoms with Crippen molar-refractivity contribution in [3.05, 3.63) is 30.1 Å². The first-order valence-electron chi connectivity index (χ1n) is 9.27. The summed E-state index contributed by atoms with van der Waals surface area (Å²) in [7, 11) is 5.06. The number of ether oxygens (including phenoxy) is 2. The number of nitrogens with zero attached hydrogens (tertiary/aromatic N) is 4. The number of amides is 2. The van der Waals surface area contributed by atoms with Crippen LogP contribution in [0, 0.1) is 0 Å². The van der Waals surface area contributed by atoms with E-state index in [0.717, 1.165) is 18.6 Å². The molecule has 1 fully saturated rings. The van der Waals surface area contributed by atoms with Gasteiger partial charge in [-0.25, -0.2) is 0 Å². The van der Waals surface area contributed by atoms with Crippen LogP contribution in [-0.4, -0.2) is 64.0 Å². The summed E-state index contributed by atoms with van der Waals surface area (Å²) in [6.45, 7) is 0.321. The topological polar surface area (TPSA) is 98.6 Å². The van der Waals surface area contributed by atoms with E-state index in [4.69, 9.17) is 9.47 Å². The fraction of sp³-hybridized carbons (Fsp3) is 0.474.